The molecule has 0 aliphatic heterocycles. The van der Waals surface area contributed by atoms with Gasteiger partial charge in [0.15, 0.2) is 0 Å². The standard InChI is InChI=1S/C21H28ClN3O5/c1-12(23-20(28)30-21(2,3)4)18(26)25(5)16(19(27)29-6)11-14-13-9-7-8-10-15(13)24-17(14)22/h7-10,12,16,24H,11H2,1-6H3,(H,23,28)/t12-,16+/m0/s1. The van der Waals surface area contributed by atoms with Crippen LogP contribution in [0.25, 0.3) is 10.9 Å². The number of nitrogens with one attached hydrogen (secondary N) is 2. The molecule has 9 heteroatoms. The van der Waals surface area contributed by atoms with E-state index in [-0.39, 0.29) is 6.42 Å². The number of carbonyl (C=O) groups excluding carboxylic acids is 3. The Bertz CT molecular complexity index is 934. The van der Waals surface area contributed by atoms with Crippen LogP contribution in [0.4, 0.5) is 4.79 Å². The summed E-state index contributed by atoms with van der Waals surface area (Å²) in [6.07, 6.45) is -0.567. The zero-order valence-corrected chi connectivity index (χ0v) is 18.8. The van der Waals surface area contributed by atoms with Gasteiger partial charge < -0.3 is 24.7 Å². The minimum Gasteiger partial charge on any atom is -0.467 e. The van der Waals surface area contributed by atoms with Crippen LogP contribution >= 0.6 is 11.6 Å². The van der Waals surface area contributed by atoms with Crippen molar-refractivity contribution in [1.82, 2.24) is 15.2 Å². The zero-order chi connectivity index (χ0) is 22.6. The van der Waals surface area contributed by atoms with E-state index in [4.69, 9.17) is 21.1 Å². The minimum atomic E-state index is -0.929. The third kappa shape index (κ3) is 5.66. The second kappa shape index (κ2) is 9.38. The number of aromatic amines is 1. The molecule has 2 amide bonds. The van der Waals surface area contributed by atoms with Crippen molar-refractivity contribution in [2.45, 2.75) is 51.8 Å². The number of likely N-dealkylation sites (N-methyl/N-ethyl adjacent to an activating group) is 1. The highest BCUT2D eigenvalue weighted by Gasteiger charge is 2.33. The number of benzene rings is 1. The van der Waals surface area contributed by atoms with Gasteiger partial charge in [-0.2, -0.15) is 0 Å². The fourth-order valence-corrected chi connectivity index (χ4v) is 3.36. The molecule has 2 aromatic rings. The van der Waals surface area contributed by atoms with Gasteiger partial charge in [-0.25, -0.2) is 9.59 Å². The Morgan fingerprint density at radius 1 is 1.23 bits per heavy atom. The molecular formula is C21H28ClN3O5. The first-order valence-corrected chi connectivity index (χ1v) is 9.91. The summed E-state index contributed by atoms with van der Waals surface area (Å²) in [5.74, 6) is -1.05. The van der Waals surface area contributed by atoms with Gasteiger partial charge in [-0.05, 0) is 39.3 Å². The topological polar surface area (TPSA) is 101 Å². The molecule has 1 heterocycles. The zero-order valence-electron chi connectivity index (χ0n) is 18.0. The number of fused-ring (bicyclic) bond motifs is 1. The first-order chi connectivity index (χ1) is 13.9. The molecule has 1 aromatic heterocycles. The fourth-order valence-electron chi connectivity index (χ4n) is 3.08. The summed E-state index contributed by atoms with van der Waals surface area (Å²) in [7, 11) is 2.74. The Balaban J connectivity index is 2.21. The molecule has 0 bridgehead atoms. The van der Waals surface area contributed by atoms with Crippen LogP contribution in [0.1, 0.15) is 33.3 Å². The van der Waals surface area contributed by atoms with Gasteiger partial charge in [-0.15, -0.1) is 0 Å². The van der Waals surface area contributed by atoms with E-state index in [0.29, 0.717) is 10.7 Å². The number of para-hydroxylation sites is 1. The summed E-state index contributed by atoms with van der Waals surface area (Å²) < 4.78 is 10.1. The summed E-state index contributed by atoms with van der Waals surface area (Å²) in [5.41, 5.74) is 0.837. The van der Waals surface area contributed by atoms with Crippen LogP contribution in [-0.4, -0.2) is 59.7 Å². The second-order valence-electron chi connectivity index (χ2n) is 8.02. The van der Waals surface area contributed by atoms with Gasteiger partial charge in [0.2, 0.25) is 5.91 Å². The van der Waals surface area contributed by atoms with Crippen LogP contribution in [0.3, 0.4) is 0 Å². The molecule has 1 aromatic carbocycles. The number of ether oxygens (including phenoxy) is 2. The van der Waals surface area contributed by atoms with E-state index in [1.54, 1.807) is 20.8 Å². The molecule has 164 valence electrons. The van der Waals surface area contributed by atoms with Crippen LogP contribution in [-0.2, 0) is 25.5 Å². The summed E-state index contributed by atoms with van der Waals surface area (Å²) >= 11 is 6.35. The Hall–Kier alpha value is -2.74. The lowest BCUT2D eigenvalue weighted by Crippen LogP contribution is -2.52. The number of alkyl carbamates (subject to hydrolysis) is 1. The molecule has 2 atom stereocenters. The number of amides is 2. The molecule has 0 fully saturated rings. The number of esters is 1. The lowest BCUT2D eigenvalue weighted by atomic mass is 10.0. The van der Waals surface area contributed by atoms with Gasteiger partial charge in [-0.3, -0.25) is 4.79 Å². The predicted octanol–water partition coefficient (Wildman–Crippen LogP) is 3.28. The lowest BCUT2D eigenvalue weighted by Gasteiger charge is -2.29. The molecule has 0 spiro atoms. The summed E-state index contributed by atoms with van der Waals surface area (Å²) in [4.78, 5) is 41.7. The molecule has 0 saturated heterocycles. The van der Waals surface area contributed by atoms with Crippen LogP contribution in [0.2, 0.25) is 5.15 Å². The molecule has 8 nitrogen and oxygen atoms in total. The Morgan fingerprint density at radius 2 is 1.87 bits per heavy atom. The highest BCUT2D eigenvalue weighted by molar-refractivity contribution is 6.31. The van der Waals surface area contributed by atoms with Crippen molar-refractivity contribution in [2.75, 3.05) is 14.2 Å². The maximum Gasteiger partial charge on any atom is 0.408 e. The number of nitrogens with zero attached hydrogens (tertiary/aromatic N) is 1. The summed E-state index contributed by atoms with van der Waals surface area (Å²) in [6.45, 7) is 6.70. The molecular weight excluding hydrogens is 410 g/mol. The van der Waals surface area contributed by atoms with Crippen LogP contribution in [0.15, 0.2) is 24.3 Å². The molecule has 0 aliphatic carbocycles. The van der Waals surface area contributed by atoms with E-state index < -0.39 is 35.7 Å². The molecule has 0 radical (unpaired) electrons. The number of hydrogen-bond acceptors (Lipinski definition) is 5. The van der Waals surface area contributed by atoms with E-state index in [9.17, 15) is 14.4 Å². The number of halogens is 1. The van der Waals surface area contributed by atoms with Gasteiger partial charge in [0, 0.05) is 24.4 Å². The Morgan fingerprint density at radius 3 is 2.47 bits per heavy atom. The SMILES string of the molecule is COC(=O)[C@@H](Cc1c(Cl)[nH]c2ccccc12)N(C)C(=O)[C@H](C)NC(=O)OC(C)(C)C. The minimum absolute atomic E-state index is 0.150. The molecule has 2 N–H and O–H groups in total. The van der Waals surface area contributed by atoms with Crippen molar-refractivity contribution in [2.24, 2.45) is 0 Å². The monoisotopic (exact) mass is 437 g/mol. The third-order valence-electron chi connectivity index (χ3n) is 4.55. The highest BCUT2D eigenvalue weighted by Crippen LogP contribution is 2.28. The first-order valence-electron chi connectivity index (χ1n) is 9.53. The van der Waals surface area contributed by atoms with Crippen LogP contribution in [0, 0.1) is 0 Å². The van der Waals surface area contributed by atoms with Crippen LogP contribution < -0.4 is 5.32 Å². The van der Waals surface area contributed by atoms with Gasteiger partial charge in [0.05, 0.1) is 7.11 Å². The average Bonchev–Trinajstić information content (AvgIpc) is 2.97. The highest BCUT2D eigenvalue weighted by atomic mass is 35.5. The number of methoxy groups -OCH3 is 1. The quantitative estimate of drug-likeness (QED) is 0.675. The predicted molar refractivity (Wildman–Crippen MR) is 114 cm³/mol. The van der Waals surface area contributed by atoms with E-state index in [0.717, 1.165) is 10.9 Å². The average molecular weight is 438 g/mol. The number of carbonyl (C=O) groups is 3. The summed E-state index contributed by atoms with van der Waals surface area (Å²) in [6, 6.07) is 5.66. The molecule has 2 rings (SSSR count). The molecule has 0 unspecified atom stereocenters. The van der Waals surface area contributed by atoms with E-state index in [1.165, 1.54) is 26.0 Å². The van der Waals surface area contributed by atoms with E-state index >= 15 is 0 Å². The number of hydrogen-bond donors (Lipinski definition) is 2. The van der Waals surface area contributed by atoms with Crippen molar-refractivity contribution in [3.8, 4) is 0 Å². The number of H-pyrrole nitrogens is 1. The van der Waals surface area contributed by atoms with Gasteiger partial charge >= 0.3 is 12.1 Å². The number of rotatable bonds is 6. The molecule has 0 aliphatic rings. The molecule has 30 heavy (non-hydrogen) atoms. The fraction of sp³-hybridized carbons (Fsp3) is 0.476. The van der Waals surface area contributed by atoms with Crippen molar-refractivity contribution < 1.29 is 23.9 Å². The van der Waals surface area contributed by atoms with Gasteiger partial charge in [0.1, 0.15) is 22.8 Å². The largest absolute Gasteiger partial charge is 0.467 e. The van der Waals surface area contributed by atoms with Gasteiger partial charge in [0.25, 0.3) is 0 Å². The van der Waals surface area contributed by atoms with Gasteiger partial charge in [-0.1, -0.05) is 29.8 Å². The van der Waals surface area contributed by atoms with E-state index in [2.05, 4.69) is 10.3 Å². The van der Waals surface area contributed by atoms with E-state index in [1.807, 2.05) is 24.3 Å². The maximum atomic E-state index is 12.9. The van der Waals surface area contributed by atoms with Crippen LogP contribution in [0.5, 0.6) is 0 Å². The smallest absolute Gasteiger partial charge is 0.408 e. The normalized spacial score (nSPS) is 13.4. The van der Waals surface area contributed by atoms with Crippen molar-refractivity contribution in [3.05, 3.63) is 35.0 Å². The Labute approximate surface area is 180 Å². The number of aromatic nitrogens is 1. The van der Waals surface area contributed by atoms with Crippen molar-refractivity contribution in [1.29, 1.82) is 0 Å². The third-order valence-corrected chi connectivity index (χ3v) is 4.87. The maximum absolute atomic E-state index is 12.9. The van der Waals surface area contributed by atoms with Crippen molar-refractivity contribution >= 4 is 40.5 Å². The first kappa shape index (κ1) is 23.5. The summed E-state index contributed by atoms with van der Waals surface area (Å²) in [5, 5.41) is 3.74. The second-order valence-corrected chi connectivity index (χ2v) is 8.40. The lowest BCUT2D eigenvalue weighted by molar-refractivity contribution is -0.152. The van der Waals surface area contributed by atoms with Crippen molar-refractivity contribution in [3.63, 3.8) is 0 Å². The Kier molecular flexibility index (Phi) is 7.36. The molecule has 0 saturated carbocycles.